The van der Waals surface area contributed by atoms with Crippen molar-refractivity contribution in [3.63, 3.8) is 0 Å². The van der Waals surface area contributed by atoms with Crippen LogP contribution in [0.5, 0.6) is 11.5 Å². The van der Waals surface area contributed by atoms with E-state index in [1.54, 1.807) is 17.0 Å². The molecular weight excluding hydrogens is 675 g/mol. The first kappa shape index (κ1) is 35.8. The first-order chi connectivity index (χ1) is 26.3. The molecule has 8 nitrogen and oxygen atoms in total. The summed E-state index contributed by atoms with van der Waals surface area (Å²) in [5, 5.41) is 12.4. The SMILES string of the molecule is CC/C(=C(\c1ccc(O)cc1)c1ccc(OC2CCC(N3CCC(c4ccc5c(c4)CN(C4CCC(=O)NC4=O)C5=O)CC3)CC2)cc1)c1ccccc1. The Morgan fingerprint density at radius 2 is 1.46 bits per heavy atom. The average Bonchev–Trinajstić information content (AvgIpc) is 3.53. The van der Waals surface area contributed by atoms with E-state index in [4.69, 9.17) is 4.74 Å². The number of carbonyl (C=O) groups excluding carboxylic acids is 3. The van der Waals surface area contributed by atoms with E-state index in [2.05, 4.69) is 77.8 Å². The fraction of sp³-hybridized carbons (Fsp3) is 0.370. The van der Waals surface area contributed by atoms with Crippen LogP contribution in [0.15, 0.2) is 97.1 Å². The third kappa shape index (κ3) is 7.45. The van der Waals surface area contributed by atoms with Gasteiger partial charge in [0, 0.05) is 24.6 Å². The molecule has 1 unspecified atom stereocenters. The molecule has 3 amide bonds. The van der Waals surface area contributed by atoms with Crippen molar-refractivity contribution >= 4 is 28.9 Å². The molecule has 54 heavy (non-hydrogen) atoms. The monoisotopic (exact) mass is 723 g/mol. The molecule has 3 fully saturated rings. The quantitative estimate of drug-likeness (QED) is 0.134. The summed E-state index contributed by atoms with van der Waals surface area (Å²) in [6.07, 6.45) is 8.28. The van der Waals surface area contributed by atoms with E-state index in [-0.39, 0.29) is 36.0 Å². The summed E-state index contributed by atoms with van der Waals surface area (Å²) in [6.45, 7) is 4.76. The van der Waals surface area contributed by atoms with Gasteiger partial charge in [0.2, 0.25) is 11.8 Å². The molecule has 3 heterocycles. The highest BCUT2D eigenvalue weighted by Gasteiger charge is 2.39. The predicted molar refractivity (Wildman–Crippen MR) is 210 cm³/mol. The number of allylic oxidation sites excluding steroid dienone is 1. The standard InChI is InChI=1S/C46H49N3O5/c1-2-40(31-6-4-3-5-7-31)44(32-8-15-37(50)16-9-32)33-10-17-38(18-11-33)54-39-19-13-36(14-20-39)48-26-24-30(25-27-48)34-12-21-41-35(28-34)29-49(46(41)53)42-22-23-43(51)47-45(42)52/h3-12,15-18,21,28,30,36,39,42,50H,2,13-14,19-20,22-27,29H2,1H3,(H,47,51,52)/b44-40-. The first-order valence-electron chi connectivity index (χ1n) is 19.7. The number of aromatic hydroxyl groups is 1. The lowest BCUT2D eigenvalue weighted by atomic mass is 9.85. The number of piperidine rings is 2. The normalized spacial score (nSPS) is 22.8. The summed E-state index contributed by atoms with van der Waals surface area (Å²) in [5.74, 6) is 0.878. The molecule has 4 aliphatic rings. The molecule has 1 saturated carbocycles. The number of nitrogens with zero attached hydrogens (tertiary/aromatic N) is 2. The molecule has 2 N–H and O–H groups in total. The van der Waals surface area contributed by atoms with E-state index in [1.165, 1.54) is 22.3 Å². The number of benzene rings is 4. The van der Waals surface area contributed by atoms with Crippen molar-refractivity contribution in [2.45, 2.75) is 95.4 Å². The van der Waals surface area contributed by atoms with Crippen LogP contribution in [0.1, 0.15) is 109 Å². The third-order valence-electron chi connectivity index (χ3n) is 12.1. The molecule has 8 heteroatoms. The van der Waals surface area contributed by atoms with Crippen LogP contribution < -0.4 is 10.1 Å². The van der Waals surface area contributed by atoms with E-state index in [0.29, 0.717) is 30.5 Å². The van der Waals surface area contributed by atoms with Crippen molar-refractivity contribution in [2.24, 2.45) is 0 Å². The van der Waals surface area contributed by atoms with E-state index in [9.17, 15) is 19.5 Å². The number of imide groups is 1. The van der Waals surface area contributed by atoms with Crippen LogP contribution in [0.25, 0.3) is 11.1 Å². The van der Waals surface area contributed by atoms with Crippen molar-refractivity contribution in [3.8, 4) is 11.5 Å². The van der Waals surface area contributed by atoms with Crippen LogP contribution in [0.4, 0.5) is 0 Å². The zero-order chi connectivity index (χ0) is 37.2. The molecule has 3 aliphatic heterocycles. The highest BCUT2D eigenvalue weighted by atomic mass is 16.5. The molecule has 0 bridgehead atoms. The zero-order valence-corrected chi connectivity index (χ0v) is 31.0. The van der Waals surface area contributed by atoms with Crippen LogP contribution in [-0.4, -0.2) is 63.9 Å². The molecule has 8 rings (SSSR count). The topological polar surface area (TPSA) is 99.2 Å². The van der Waals surface area contributed by atoms with Gasteiger partial charge >= 0.3 is 0 Å². The van der Waals surface area contributed by atoms with Gasteiger partial charge in [-0.1, -0.05) is 73.7 Å². The molecule has 0 radical (unpaired) electrons. The Morgan fingerprint density at radius 3 is 2.13 bits per heavy atom. The minimum absolute atomic E-state index is 0.112. The molecule has 2 saturated heterocycles. The number of hydrogen-bond acceptors (Lipinski definition) is 6. The van der Waals surface area contributed by atoms with Crippen LogP contribution in [0, 0.1) is 0 Å². The van der Waals surface area contributed by atoms with Crippen molar-refractivity contribution in [3.05, 3.63) is 130 Å². The predicted octanol–water partition coefficient (Wildman–Crippen LogP) is 8.09. The number of phenolic OH excluding ortho intramolecular Hbond substituents is 1. The van der Waals surface area contributed by atoms with Crippen LogP contribution >= 0.6 is 0 Å². The first-order valence-corrected chi connectivity index (χ1v) is 19.7. The Morgan fingerprint density at radius 1 is 0.778 bits per heavy atom. The molecule has 0 spiro atoms. The Labute approximate surface area is 317 Å². The van der Waals surface area contributed by atoms with Gasteiger partial charge in [-0.3, -0.25) is 19.7 Å². The van der Waals surface area contributed by atoms with E-state index in [0.717, 1.165) is 80.5 Å². The van der Waals surface area contributed by atoms with Crippen molar-refractivity contribution in [2.75, 3.05) is 13.1 Å². The minimum Gasteiger partial charge on any atom is -0.508 e. The van der Waals surface area contributed by atoms with Gasteiger partial charge in [-0.2, -0.15) is 0 Å². The number of nitrogens with one attached hydrogen (secondary N) is 1. The summed E-state index contributed by atoms with van der Waals surface area (Å²) >= 11 is 0. The number of hydrogen-bond donors (Lipinski definition) is 2. The maximum atomic E-state index is 13.2. The number of phenols is 1. The lowest BCUT2D eigenvalue weighted by molar-refractivity contribution is -0.136. The maximum absolute atomic E-state index is 13.2. The van der Waals surface area contributed by atoms with Crippen molar-refractivity contribution in [1.82, 2.24) is 15.1 Å². The summed E-state index contributed by atoms with van der Waals surface area (Å²) < 4.78 is 6.56. The van der Waals surface area contributed by atoms with Gasteiger partial charge in [0.1, 0.15) is 17.5 Å². The zero-order valence-electron chi connectivity index (χ0n) is 31.0. The van der Waals surface area contributed by atoms with Gasteiger partial charge in [-0.25, -0.2) is 0 Å². The van der Waals surface area contributed by atoms with Gasteiger partial charge < -0.3 is 19.6 Å². The number of carbonyl (C=O) groups is 3. The lowest BCUT2D eigenvalue weighted by Crippen LogP contribution is -2.52. The Kier molecular flexibility index (Phi) is 10.4. The molecule has 4 aromatic carbocycles. The fourth-order valence-corrected chi connectivity index (χ4v) is 9.17. The number of fused-ring (bicyclic) bond motifs is 1. The molecule has 278 valence electrons. The second-order valence-electron chi connectivity index (χ2n) is 15.3. The second kappa shape index (κ2) is 15.6. The van der Waals surface area contributed by atoms with E-state index >= 15 is 0 Å². The number of rotatable bonds is 9. The molecular formula is C46H49N3O5. The van der Waals surface area contributed by atoms with Crippen LogP contribution in [0.3, 0.4) is 0 Å². The van der Waals surface area contributed by atoms with Gasteiger partial charge in [0.05, 0.1) is 6.10 Å². The Balaban J connectivity index is 0.851. The van der Waals surface area contributed by atoms with Crippen molar-refractivity contribution in [1.29, 1.82) is 0 Å². The summed E-state index contributed by atoms with van der Waals surface area (Å²) in [5.41, 5.74) is 8.79. The van der Waals surface area contributed by atoms with E-state index in [1.807, 2.05) is 24.3 Å². The average molecular weight is 724 g/mol. The highest BCUT2D eigenvalue weighted by Crippen LogP contribution is 2.38. The van der Waals surface area contributed by atoms with Gasteiger partial charge in [-0.15, -0.1) is 0 Å². The second-order valence-corrected chi connectivity index (χ2v) is 15.3. The number of amides is 3. The fourth-order valence-electron chi connectivity index (χ4n) is 9.17. The Hall–Kier alpha value is -5.21. The maximum Gasteiger partial charge on any atom is 0.255 e. The number of ether oxygens (including phenoxy) is 1. The minimum atomic E-state index is -0.581. The van der Waals surface area contributed by atoms with Gasteiger partial charge in [0.15, 0.2) is 0 Å². The molecule has 4 aromatic rings. The van der Waals surface area contributed by atoms with Crippen LogP contribution in [-0.2, 0) is 16.1 Å². The lowest BCUT2D eigenvalue weighted by Gasteiger charge is -2.41. The smallest absolute Gasteiger partial charge is 0.255 e. The number of likely N-dealkylation sites (tertiary alicyclic amines) is 1. The largest absolute Gasteiger partial charge is 0.508 e. The van der Waals surface area contributed by atoms with Gasteiger partial charge in [0.25, 0.3) is 5.91 Å². The molecule has 0 aromatic heterocycles. The molecule has 1 atom stereocenters. The van der Waals surface area contributed by atoms with Crippen LogP contribution in [0.2, 0.25) is 0 Å². The third-order valence-corrected chi connectivity index (χ3v) is 12.1. The van der Waals surface area contributed by atoms with Crippen molar-refractivity contribution < 1.29 is 24.2 Å². The molecule has 1 aliphatic carbocycles. The summed E-state index contributed by atoms with van der Waals surface area (Å²) in [7, 11) is 0. The van der Waals surface area contributed by atoms with E-state index < -0.39 is 6.04 Å². The summed E-state index contributed by atoms with van der Waals surface area (Å²) in [4.78, 5) is 41.6. The highest BCUT2D eigenvalue weighted by molar-refractivity contribution is 6.05. The Bertz CT molecular complexity index is 2030. The summed E-state index contributed by atoms with van der Waals surface area (Å²) in [6, 6.07) is 32.8. The van der Waals surface area contributed by atoms with Gasteiger partial charge in [-0.05, 0) is 140 Å².